The van der Waals surface area contributed by atoms with Crippen LogP contribution in [0.25, 0.3) is 32.9 Å². The van der Waals surface area contributed by atoms with E-state index >= 15 is 0 Å². The fourth-order valence-electron chi connectivity index (χ4n) is 3.70. The second kappa shape index (κ2) is 3.76. The van der Waals surface area contributed by atoms with Crippen LogP contribution in [0.1, 0.15) is 16.7 Å². The first-order chi connectivity index (χ1) is 10.3. The Morgan fingerprint density at radius 1 is 0.857 bits per heavy atom. The van der Waals surface area contributed by atoms with Crippen LogP contribution in [0.3, 0.4) is 0 Å². The van der Waals surface area contributed by atoms with Gasteiger partial charge in [-0.1, -0.05) is 48.0 Å². The Bertz CT molecular complexity index is 1020. The Morgan fingerprint density at radius 3 is 2.71 bits per heavy atom. The molecule has 1 aromatic heterocycles. The standard InChI is InChI=1S/C20H15N/c1-12-6-9-19-17(10-12)16-8-7-15-14-5-3-2-4-13(14)11-18(15)20(16)21-19/h2-10,21H,11H2,1H3. The summed E-state index contributed by atoms with van der Waals surface area (Å²) in [5.74, 6) is 0. The van der Waals surface area contributed by atoms with Gasteiger partial charge < -0.3 is 4.98 Å². The summed E-state index contributed by atoms with van der Waals surface area (Å²) in [5.41, 5.74) is 9.53. The quantitative estimate of drug-likeness (QED) is 0.397. The van der Waals surface area contributed by atoms with E-state index in [2.05, 4.69) is 66.5 Å². The molecule has 0 saturated heterocycles. The van der Waals surface area contributed by atoms with Gasteiger partial charge in [0.15, 0.2) is 0 Å². The van der Waals surface area contributed by atoms with Crippen molar-refractivity contribution in [3.05, 3.63) is 71.3 Å². The predicted molar refractivity (Wildman–Crippen MR) is 88.8 cm³/mol. The van der Waals surface area contributed by atoms with Gasteiger partial charge in [-0.2, -0.15) is 0 Å². The molecule has 0 radical (unpaired) electrons. The van der Waals surface area contributed by atoms with Gasteiger partial charge >= 0.3 is 0 Å². The van der Waals surface area contributed by atoms with Crippen LogP contribution in [0.5, 0.6) is 0 Å². The average molecular weight is 269 g/mol. The Morgan fingerprint density at radius 2 is 1.76 bits per heavy atom. The third-order valence-corrected chi connectivity index (χ3v) is 4.71. The lowest BCUT2D eigenvalue weighted by atomic mass is 10.0. The van der Waals surface area contributed by atoms with Crippen LogP contribution in [0, 0.1) is 6.92 Å². The smallest absolute Gasteiger partial charge is 0.0507 e. The monoisotopic (exact) mass is 269 g/mol. The zero-order valence-corrected chi connectivity index (χ0v) is 11.9. The van der Waals surface area contributed by atoms with Gasteiger partial charge in [0.1, 0.15) is 0 Å². The van der Waals surface area contributed by atoms with Crippen LogP contribution >= 0.6 is 0 Å². The number of rotatable bonds is 0. The summed E-state index contributed by atoms with van der Waals surface area (Å²) in [4.78, 5) is 3.64. The van der Waals surface area contributed by atoms with Crippen LogP contribution in [-0.2, 0) is 6.42 Å². The minimum absolute atomic E-state index is 1.04. The van der Waals surface area contributed by atoms with Crippen molar-refractivity contribution in [2.75, 3.05) is 0 Å². The molecule has 0 saturated carbocycles. The molecule has 0 spiro atoms. The predicted octanol–water partition coefficient (Wildman–Crippen LogP) is 5.20. The molecule has 1 aliphatic rings. The molecule has 3 aromatic carbocycles. The minimum atomic E-state index is 1.04. The molecule has 0 fully saturated rings. The SMILES string of the molecule is Cc1ccc2[nH]c3c4c(ccc3c2c1)-c1ccccc1C4. The first-order valence-electron chi connectivity index (χ1n) is 7.43. The third kappa shape index (κ3) is 1.41. The fraction of sp³-hybridized carbons (Fsp3) is 0.100. The molecule has 4 aromatic rings. The summed E-state index contributed by atoms with van der Waals surface area (Å²) in [5, 5.41) is 2.68. The fourth-order valence-corrected chi connectivity index (χ4v) is 3.70. The topological polar surface area (TPSA) is 15.8 Å². The van der Waals surface area contributed by atoms with Crippen LogP contribution in [0.15, 0.2) is 54.6 Å². The zero-order chi connectivity index (χ0) is 14.0. The molecule has 100 valence electrons. The molecular formula is C20H15N. The molecule has 1 heteroatoms. The largest absolute Gasteiger partial charge is 0.354 e. The van der Waals surface area contributed by atoms with Crippen molar-refractivity contribution in [2.45, 2.75) is 13.3 Å². The normalized spacial score (nSPS) is 12.8. The highest BCUT2D eigenvalue weighted by Crippen LogP contribution is 2.41. The van der Waals surface area contributed by atoms with Gasteiger partial charge in [-0.15, -0.1) is 0 Å². The number of benzene rings is 3. The third-order valence-electron chi connectivity index (χ3n) is 4.71. The molecule has 0 atom stereocenters. The number of aromatic nitrogens is 1. The molecule has 5 rings (SSSR count). The lowest BCUT2D eigenvalue weighted by molar-refractivity contribution is 1.27. The number of nitrogens with one attached hydrogen (secondary N) is 1. The lowest BCUT2D eigenvalue weighted by Crippen LogP contribution is -1.82. The number of hydrogen-bond acceptors (Lipinski definition) is 0. The van der Waals surface area contributed by atoms with Gasteiger partial charge in [-0.3, -0.25) is 0 Å². The summed E-state index contributed by atoms with van der Waals surface area (Å²) < 4.78 is 0. The Labute approximate surface area is 123 Å². The van der Waals surface area contributed by atoms with Crippen LogP contribution < -0.4 is 0 Å². The Kier molecular flexibility index (Phi) is 2.00. The molecule has 21 heavy (non-hydrogen) atoms. The molecule has 0 unspecified atom stereocenters. The van der Waals surface area contributed by atoms with Gasteiger partial charge in [0, 0.05) is 22.7 Å². The van der Waals surface area contributed by atoms with E-state index < -0.39 is 0 Å². The number of H-pyrrole nitrogens is 1. The van der Waals surface area contributed by atoms with Crippen molar-refractivity contribution in [3.63, 3.8) is 0 Å². The molecular weight excluding hydrogens is 254 g/mol. The number of aryl methyl sites for hydroxylation is 1. The van der Waals surface area contributed by atoms with Crippen molar-refractivity contribution in [1.29, 1.82) is 0 Å². The van der Waals surface area contributed by atoms with E-state index in [0.29, 0.717) is 0 Å². The second-order valence-corrected chi connectivity index (χ2v) is 6.02. The van der Waals surface area contributed by atoms with E-state index in [4.69, 9.17) is 0 Å². The summed E-state index contributed by atoms with van der Waals surface area (Å²) in [6.45, 7) is 2.15. The maximum atomic E-state index is 3.64. The van der Waals surface area contributed by atoms with Gasteiger partial charge in [0.2, 0.25) is 0 Å². The van der Waals surface area contributed by atoms with Crippen LogP contribution in [0.4, 0.5) is 0 Å². The minimum Gasteiger partial charge on any atom is -0.354 e. The van der Waals surface area contributed by atoms with Crippen LogP contribution in [-0.4, -0.2) is 4.98 Å². The van der Waals surface area contributed by atoms with E-state index in [-0.39, 0.29) is 0 Å². The first kappa shape index (κ1) is 11.2. The zero-order valence-electron chi connectivity index (χ0n) is 11.9. The van der Waals surface area contributed by atoms with Gasteiger partial charge in [0.05, 0.1) is 5.52 Å². The van der Waals surface area contributed by atoms with Crippen molar-refractivity contribution >= 4 is 21.8 Å². The Hall–Kier alpha value is -2.54. The van der Waals surface area contributed by atoms with E-state index in [0.717, 1.165) is 6.42 Å². The van der Waals surface area contributed by atoms with E-state index in [1.807, 2.05) is 0 Å². The molecule has 0 amide bonds. The molecule has 1 N–H and O–H groups in total. The van der Waals surface area contributed by atoms with Gasteiger partial charge in [-0.25, -0.2) is 0 Å². The molecule has 1 nitrogen and oxygen atoms in total. The molecule has 0 aliphatic heterocycles. The number of fused-ring (bicyclic) bond motifs is 7. The summed E-state index contributed by atoms with van der Waals surface area (Å²) in [6, 6.07) is 20.0. The van der Waals surface area contributed by atoms with Crippen molar-refractivity contribution in [3.8, 4) is 11.1 Å². The van der Waals surface area contributed by atoms with Crippen molar-refractivity contribution < 1.29 is 0 Å². The highest BCUT2D eigenvalue weighted by molar-refractivity contribution is 6.10. The maximum absolute atomic E-state index is 3.64. The highest BCUT2D eigenvalue weighted by Gasteiger charge is 2.21. The molecule has 0 bridgehead atoms. The average Bonchev–Trinajstić information content (AvgIpc) is 3.05. The number of aromatic amines is 1. The highest BCUT2D eigenvalue weighted by atomic mass is 14.7. The van der Waals surface area contributed by atoms with Gasteiger partial charge in [0.25, 0.3) is 0 Å². The van der Waals surface area contributed by atoms with Crippen LogP contribution in [0.2, 0.25) is 0 Å². The summed E-state index contributed by atoms with van der Waals surface area (Å²) in [6.07, 6.45) is 1.04. The summed E-state index contributed by atoms with van der Waals surface area (Å²) in [7, 11) is 0. The molecule has 1 heterocycles. The van der Waals surface area contributed by atoms with Crippen molar-refractivity contribution in [2.24, 2.45) is 0 Å². The summed E-state index contributed by atoms with van der Waals surface area (Å²) >= 11 is 0. The lowest BCUT2D eigenvalue weighted by Gasteiger charge is -2.02. The maximum Gasteiger partial charge on any atom is 0.0507 e. The van der Waals surface area contributed by atoms with E-state index in [9.17, 15) is 0 Å². The second-order valence-electron chi connectivity index (χ2n) is 6.02. The van der Waals surface area contributed by atoms with Gasteiger partial charge in [-0.05, 0) is 41.3 Å². The Balaban J connectivity index is 1.91. The van der Waals surface area contributed by atoms with E-state index in [1.165, 1.54) is 49.6 Å². The van der Waals surface area contributed by atoms with Crippen molar-refractivity contribution in [1.82, 2.24) is 4.98 Å². The van der Waals surface area contributed by atoms with E-state index in [1.54, 1.807) is 0 Å². The molecule has 1 aliphatic carbocycles. The number of hydrogen-bond donors (Lipinski definition) is 1. The first-order valence-corrected chi connectivity index (χ1v) is 7.43.